The topological polar surface area (TPSA) is 90.0 Å². The van der Waals surface area contributed by atoms with E-state index < -0.39 is 21.6 Å². The Balaban J connectivity index is 1.50. The summed E-state index contributed by atoms with van der Waals surface area (Å²) in [7, 11) is -2.05. The van der Waals surface area contributed by atoms with Crippen molar-refractivity contribution in [3.63, 3.8) is 0 Å². The summed E-state index contributed by atoms with van der Waals surface area (Å²) in [4.78, 5) is 30.9. The third kappa shape index (κ3) is 4.83. The Kier molecular flexibility index (Phi) is 6.73. The molecule has 182 valence electrons. The van der Waals surface area contributed by atoms with Gasteiger partial charge in [0.1, 0.15) is 5.82 Å². The van der Waals surface area contributed by atoms with E-state index in [-0.39, 0.29) is 23.3 Å². The van der Waals surface area contributed by atoms with E-state index >= 15 is 0 Å². The number of carbonyl (C=O) groups is 2. The van der Waals surface area contributed by atoms with Crippen LogP contribution in [-0.2, 0) is 19.4 Å². The average molecular weight is 509 g/mol. The van der Waals surface area contributed by atoms with Crippen molar-refractivity contribution in [1.82, 2.24) is 10.2 Å². The molecule has 0 bridgehead atoms. The third-order valence-electron chi connectivity index (χ3n) is 6.28. The van der Waals surface area contributed by atoms with Gasteiger partial charge in [0, 0.05) is 56.7 Å². The van der Waals surface area contributed by atoms with Crippen molar-refractivity contribution in [2.45, 2.75) is 10.8 Å². The van der Waals surface area contributed by atoms with Crippen LogP contribution in [0.2, 0.25) is 5.02 Å². The number of rotatable bonds is 5. The van der Waals surface area contributed by atoms with E-state index in [1.54, 1.807) is 24.1 Å². The Morgan fingerprint density at radius 1 is 1.09 bits per heavy atom. The van der Waals surface area contributed by atoms with Gasteiger partial charge in [-0.25, -0.2) is 12.8 Å². The fraction of sp³-hybridized carbons (Fsp3) is 0.391. The zero-order valence-corrected chi connectivity index (χ0v) is 20.5. The molecule has 1 fully saturated rings. The molecule has 34 heavy (non-hydrogen) atoms. The number of anilines is 2. The molecule has 8 nitrogen and oxygen atoms in total. The molecule has 2 aliphatic heterocycles. The van der Waals surface area contributed by atoms with Crippen molar-refractivity contribution >= 4 is 44.6 Å². The van der Waals surface area contributed by atoms with Crippen LogP contribution in [0.5, 0.6) is 0 Å². The fourth-order valence-corrected chi connectivity index (χ4v) is 5.62. The first-order valence-electron chi connectivity index (χ1n) is 10.9. The molecule has 0 aliphatic carbocycles. The molecule has 11 heteroatoms. The van der Waals surface area contributed by atoms with Gasteiger partial charge < -0.3 is 20.0 Å². The van der Waals surface area contributed by atoms with Crippen molar-refractivity contribution < 1.29 is 22.4 Å². The van der Waals surface area contributed by atoms with Gasteiger partial charge in [-0.15, -0.1) is 0 Å². The lowest BCUT2D eigenvalue weighted by molar-refractivity contribution is -0.132. The SMILES string of the molecule is CNC(=O)CN1CC(C(=O)N2CCN(c3ccc(F)cc3S(C)(=O)=O)CC2)c2ccc(Cl)cc21. The number of nitrogens with one attached hydrogen (secondary N) is 1. The van der Waals surface area contributed by atoms with Gasteiger partial charge in [-0.05, 0) is 35.9 Å². The monoisotopic (exact) mass is 508 g/mol. The van der Waals surface area contributed by atoms with Crippen LogP contribution < -0.4 is 15.1 Å². The van der Waals surface area contributed by atoms with Crippen LogP contribution in [0.25, 0.3) is 0 Å². The van der Waals surface area contributed by atoms with E-state index in [9.17, 15) is 22.4 Å². The van der Waals surface area contributed by atoms with Crippen LogP contribution in [0.15, 0.2) is 41.3 Å². The number of fused-ring (bicyclic) bond motifs is 1. The van der Waals surface area contributed by atoms with Crippen LogP contribution >= 0.6 is 11.6 Å². The molecular weight excluding hydrogens is 483 g/mol. The van der Waals surface area contributed by atoms with E-state index in [1.165, 1.54) is 12.1 Å². The predicted molar refractivity (Wildman–Crippen MR) is 129 cm³/mol. The number of amides is 2. The molecule has 0 radical (unpaired) electrons. The maximum Gasteiger partial charge on any atom is 0.239 e. The smallest absolute Gasteiger partial charge is 0.239 e. The zero-order valence-electron chi connectivity index (χ0n) is 18.9. The summed E-state index contributed by atoms with van der Waals surface area (Å²) in [6, 6.07) is 9.08. The summed E-state index contributed by atoms with van der Waals surface area (Å²) in [5, 5.41) is 3.13. The highest BCUT2D eigenvalue weighted by Gasteiger charge is 2.37. The largest absolute Gasteiger partial charge is 0.367 e. The van der Waals surface area contributed by atoms with Crippen LogP contribution in [-0.4, -0.2) is 77.7 Å². The fourth-order valence-electron chi connectivity index (χ4n) is 4.55. The highest BCUT2D eigenvalue weighted by atomic mass is 35.5. The molecule has 0 aromatic heterocycles. The highest BCUT2D eigenvalue weighted by Crippen LogP contribution is 2.39. The number of nitrogens with zero attached hydrogens (tertiary/aromatic N) is 3. The predicted octanol–water partition coefficient (Wildman–Crippen LogP) is 1.88. The van der Waals surface area contributed by atoms with E-state index in [2.05, 4.69) is 5.32 Å². The maximum atomic E-state index is 13.7. The Morgan fingerprint density at radius 3 is 2.44 bits per heavy atom. The van der Waals surface area contributed by atoms with Gasteiger partial charge in [-0.1, -0.05) is 17.7 Å². The lowest BCUT2D eigenvalue weighted by Gasteiger charge is -2.37. The number of halogens is 2. The Hall–Kier alpha value is -2.85. The van der Waals surface area contributed by atoms with E-state index in [1.807, 2.05) is 15.9 Å². The van der Waals surface area contributed by atoms with Gasteiger partial charge in [0.05, 0.1) is 23.0 Å². The molecule has 2 aromatic rings. The molecule has 1 N–H and O–H groups in total. The van der Waals surface area contributed by atoms with Gasteiger partial charge in [0.25, 0.3) is 0 Å². The molecule has 2 amide bonds. The average Bonchev–Trinajstić information content (AvgIpc) is 3.15. The van der Waals surface area contributed by atoms with Crippen LogP contribution in [0.1, 0.15) is 11.5 Å². The van der Waals surface area contributed by atoms with E-state index in [0.29, 0.717) is 43.4 Å². The first-order chi connectivity index (χ1) is 16.1. The molecule has 2 aliphatic rings. The number of hydrogen-bond donors (Lipinski definition) is 1. The van der Waals surface area contributed by atoms with Gasteiger partial charge in [-0.3, -0.25) is 9.59 Å². The quantitative estimate of drug-likeness (QED) is 0.663. The summed E-state index contributed by atoms with van der Waals surface area (Å²) < 4.78 is 38.0. The first-order valence-corrected chi connectivity index (χ1v) is 13.1. The summed E-state index contributed by atoms with van der Waals surface area (Å²) in [5.74, 6) is -1.25. The molecule has 4 rings (SSSR count). The van der Waals surface area contributed by atoms with Crippen molar-refractivity contribution in [1.29, 1.82) is 0 Å². The zero-order chi connectivity index (χ0) is 24.6. The minimum Gasteiger partial charge on any atom is -0.367 e. The van der Waals surface area contributed by atoms with Gasteiger partial charge in [-0.2, -0.15) is 0 Å². The molecule has 0 spiro atoms. The Morgan fingerprint density at radius 2 is 1.79 bits per heavy atom. The van der Waals surface area contributed by atoms with E-state index in [4.69, 9.17) is 11.6 Å². The molecule has 2 heterocycles. The first kappa shape index (κ1) is 24.3. The minimum atomic E-state index is -3.61. The number of benzene rings is 2. The second kappa shape index (κ2) is 9.42. The van der Waals surface area contributed by atoms with Crippen molar-refractivity contribution in [3.8, 4) is 0 Å². The van der Waals surface area contributed by atoms with Crippen molar-refractivity contribution in [3.05, 3.63) is 52.8 Å². The molecular formula is C23H26ClFN4O4S. The summed E-state index contributed by atoms with van der Waals surface area (Å²) in [6.07, 6.45) is 1.05. The van der Waals surface area contributed by atoms with Gasteiger partial charge in [0.2, 0.25) is 11.8 Å². The minimum absolute atomic E-state index is 0.0509. The molecule has 1 unspecified atom stereocenters. The number of piperazine rings is 1. The van der Waals surface area contributed by atoms with Gasteiger partial charge >= 0.3 is 0 Å². The molecule has 1 atom stereocenters. The third-order valence-corrected chi connectivity index (χ3v) is 7.64. The van der Waals surface area contributed by atoms with Crippen molar-refractivity contribution in [2.24, 2.45) is 0 Å². The van der Waals surface area contributed by atoms with Crippen LogP contribution in [0.4, 0.5) is 15.8 Å². The summed E-state index contributed by atoms with van der Waals surface area (Å²) in [6.45, 7) is 2.13. The lowest BCUT2D eigenvalue weighted by Crippen LogP contribution is -2.50. The standard InChI is InChI=1S/C23H26ClFN4O4S/c1-26-22(30)14-29-13-18(17-5-3-15(24)11-20(17)29)23(31)28-9-7-27(8-10-28)19-6-4-16(25)12-21(19)34(2,32)33/h3-6,11-12,18H,7-10,13-14H2,1-2H3,(H,26,30). The van der Waals surface area contributed by atoms with Crippen LogP contribution in [0, 0.1) is 5.82 Å². The summed E-state index contributed by atoms with van der Waals surface area (Å²) in [5.41, 5.74) is 2.05. The molecule has 2 aromatic carbocycles. The normalized spacial score (nSPS) is 18.1. The summed E-state index contributed by atoms with van der Waals surface area (Å²) >= 11 is 6.17. The number of hydrogen-bond acceptors (Lipinski definition) is 6. The Bertz CT molecular complexity index is 1230. The van der Waals surface area contributed by atoms with Gasteiger partial charge in [0.15, 0.2) is 9.84 Å². The molecule has 0 saturated carbocycles. The van der Waals surface area contributed by atoms with Crippen molar-refractivity contribution in [2.75, 3.05) is 62.4 Å². The Labute approximate surface area is 203 Å². The lowest BCUT2D eigenvalue weighted by atomic mass is 9.99. The molecule has 1 saturated heterocycles. The number of sulfone groups is 1. The van der Waals surface area contributed by atoms with E-state index in [0.717, 1.165) is 23.6 Å². The second-order valence-corrected chi connectivity index (χ2v) is 10.9. The second-order valence-electron chi connectivity index (χ2n) is 8.51. The number of carbonyl (C=O) groups excluding carboxylic acids is 2. The highest BCUT2D eigenvalue weighted by molar-refractivity contribution is 7.90. The number of likely N-dealkylation sites (N-methyl/N-ethyl adjacent to an activating group) is 1. The maximum absolute atomic E-state index is 13.7. The van der Waals surface area contributed by atoms with Crippen LogP contribution in [0.3, 0.4) is 0 Å².